The lowest BCUT2D eigenvalue weighted by atomic mass is 10.1. The highest BCUT2D eigenvalue weighted by molar-refractivity contribution is 9.10. The van der Waals surface area contributed by atoms with Crippen molar-refractivity contribution in [2.24, 2.45) is 0 Å². The van der Waals surface area contributed by atoms with Crippen LogP contribution in [-0.4, -0.2) is 0 Å². The van der Waals surface area contributed by atoms with Crippen LogP contribution < -0.4 is 0 Å². The van der Waals surface area contributed by atoms with E-state index in [-0.39, 0.29) is 0 Å². The first-order chi connectivity index (χ1) is 6.95. The third-order valence-electron chi connectivity index (χ3n) is 1.91. The monoisotopic (exact) mass is 276 g/mol. The van der Waals surface area contributed by atoms with Crippen molar-refractivity contribution in [1.29, 1.82) is 0 Å². The van der Waals surface area contributed by atoms with Crippen LogP contribution in [0, 0.1) is 12.3 Å². The van der Waals surface area contributed by atoms with Crippen molar-refractivity contribution < 1.29 is 13.2 Å². The van der Waals surface area contributed by atoms with Gasteiger partial charge in [-0.3, -0.25) is 0 Å². The van der Waals surface area contributed by atoms with Crippen molar-refractivity contribution in [2.45, 2.75) is 19.0 Å². The summed E-state index contributed by atoms with van der Waals surface area (Å²) in [6, 6.07) is 3.57. The summed E-state index contributed by atoms with van der Waals surface area (Å²) in [5.41, 5.74) is -0.0551. The minimum atomic E-state index is -4.30. The van der Waals surface area contributed by atoms with Crippen LogP contribution in [0.4, 0.5) is 13.2 Å². The van der Waals surface area contributed by atoms with Crippen LogP contribution in [0.25, 0.3) is 0 Å². The minimum absolute atomic E-state index is 0.430. The number of rotatable bonds is 2. The molecule has 0 saturated heterocycles. The summed E-state index contributed by atoms with van der Waals surface area (Å²) in [5.74, 6) is 2.40. The molecule has 0 fully saturated rings. The van der Waals surface area contributed by atoms with E-state index in [0.717, 1.165) is 12.1 Å². The fourth-order valence-corrected chi connectivity index (χ4v) is 1.59. The standard InChI is InChI=1S/C11H8BrF3/c1-2-3-4-8-7-9(11(13,14)15)5-6-10(8)12/h1,5-7H,3-4H2. The Morgan fingerprint density at radius 2 is 2.00 bits per heavy atom. The summed E-state index contributed by atoms with van der Waals surface area (Å²) in [6.45, 7) is 0. The summed E-state index contributed by atoms with van der Waals surface area (Å²) >= 11 is 3.19. The Balaban J connectivity index is 3.01. The average Bonchev–Trinajstić information content (AvgIpc) is 2.15. The SMILES string of the molecule is C#CCCc1cc(C(F)(F)F)ccc1Br. The van der Waals surface area contributed by atoms with Crippen molar-refractivity contribution in [3.8, 4) is 12.3 Å². The van der Waals surface area contributed by atoms with Crippen molar-refractivity contribution in [3.05, 3.63) is 33.8 Å². The molecule has 0 N–H and O–H groups in total. The molecular formula is C11H8BrF3. The zero-order chi connectivity index (χ0) is 11.5. The molecule has 1 rings (SSSR count). The normalized spacial score (nSPS) is 11.1. The molecule has 0 nitrogen and oxygen atoms in total. The van der Waals surface area contributed by atoms with E-state index in [1.807, 2.05) is 0 Å². The van der Waals surface area contributed by atoms with Gasteiger partial charge in [-0.25, -0.2) is 0 Å². The maximum Gasteiger partial charge on any atom is 0.416 e. The molecule has 0 aliphatic heterocycles. The summed E-state index contributed by atoms with van der Waals surface area (Å²) in [5, 5.41) is 0. The minimum Gasteiger partial charge on any atom is -0.166 e. The smallest absolute Gasteiger partial charge is 0.166 e. The van der Waals surface area contributed by atoms with Crippen LogP contribution >= 0.6 is 15.9 Å². The first-order valence-corrected chi connectivity index (χ1v) is 5.03. The summed E-state index contributed by atoms with van der Waals surface area (Å²) in [4.78, 5) is 0. The van der Waals surface area contributed by atoms with Gasteiger partial charge in [0.15, 0.2) is 0 Å². The van der Waals surface area contributed by atoms with Crippen LogP contribution in [0.1, 0.15) is 17.5 Å². The van der Waals surface area contributed by atoms with E-state index in [0.29, 0.717) is 22.9 Å². The summed E-state index contributed by atoms with van der Waals surface area (Å²) in [7, 11) is 0. The van der Waals surface area contributed by atoms with E-state index in [9.17, 15) is 13.2 Å². The molecule has 15 heavy (non-hydrogen) atoms. The Morgan fingerprint density at radius 1 is 1.33 bits per heavy atom. The third kappa shape index (κ3) is 3.28. The Morgan fingerprint density at radius 3 is 2.53 bits per heavy atom. The van der Waals surface area contributed by atoms with E-state index < -0.39 is 11.7 Å². The first-order valence-electron chi connectivity index (χ1n) is 4.24. The molecule has 4 heteroatoms. The van der Waals surface area contributed by atoms with Gasteiger partial charge in [-0.2, -0.15) is 13.2 Å². The number of alkyl halides is 3. The van der Waals surface area contributed by atoms with Gasteiger partial charge in [0, 0.05) is 10.9 Å². The van der Waals surface area contributed by atoms with Gasteiger partial charge >= 0.3 is 6.18 Å². The lowest BCUT2D eigenvalue weighted by Gasteiger charge is -2.09. The number of terminal acetylenes is 1. The fraction of sp³-hybridized carbons (Fsp3) is 0.273. The molecule has 1 aromatic rings. The first kappa shape index (κ1) is 12.1. The zero-order valence-corrected chi connectivity index (χ0v) is 9.32. The second kappa shape index (κ2) is 4.71. The second-order valence-electron chi connectivity index (χ2n) is 3.01. The Labute approximate surface area is 94.6 Å². The lowest BCUT2D eigenvalue weighted by molar-refractivity contribution is -0.137. The molecule has 0 saturated carbocycles. The maximum atomic E-state index is 12.4. The van der Waals surface area contributed by atoms with E-state index in [1.165, 1.54) is 6.07 Å². The van der Waals surface area contributed by atoms with E-state index in [4.69, 9.17) is 6.42 Å². The van der Waals surface area contributed by atoms with Crippen LogP contribution in [0.5, 0.6) is 0 Å². The Hall–Kier alpha value is -0.950. The molecule has 80 valence electrons. The highest BCUT2D eigenvalue weighted by Crippen LogP contribution is 2.32. The lowest BCUT2D eigenvalue weighted by Crippen LogP contribution is -2.05. The van der Waals surface area contributed by atoms with E-state index >= 15 is 0 Å². The topological polar surface area (TPSA) is 0 Å². The molecule has 0 aliphatic rings. The number of halogens is 4. The van der Waals surface area contributed by atoms with Crippen molar-refractivity contribution >= 4 is 15.9 Å². The van der Waals surface area contributed by atoms with Crippen LogP contribution in [0.3, 0.4) is 0 Å². The van der Waals surface area contributed by atoms with Gasteiger partial charge in [-0.05, 0) is 30.2 Å². The quantitative estimate of drug-likeness (QED) is 0.716. The molecule has 0 spiro atoms. The van der Waals surface area contributed by atoms with Gasteiger partial charge in [-0.1, -0.05) is 15.9 Å². The summed E-state index contributed by atoms with van der Waals surface area (Å²) < 4.78 is 37.8. The Kier molecular flexibility index (Phi) is 3.81. The molecular weight excluding hydrogens is 269 g/mol. The summed E-state index contributed by atoms with van der Waals surface area (Å²) in [6.07, 6.45) is 1.64. The highest BCUT2D eigenvalue weighted by Gasteiger charge is 2.30. The number of hydrogen-bond acceptors (Lipinski definition) is 0. The fourth-order valence-electron chi connectivity index (χ4n) is 1.15. The largest absolute Gasteiger partial charge is 0.416 e. The predicted octanol–water partition coefficient (Wildman–Crippen LogP) is 4.03. The van der Waals surface area contributed by atoms with Crippen LogP contribution in [0.15, 0.2) is 22.7 Å². The molecule has 0 radical (unpaired) electrons. The van der Waals surface area contributed by atoms with Crippen LogP contribution in [0.2, 0.25) is 0 Å². The molecule has 1 aromatic carbocycles. The number of hydrogen-bond donors (Lipinski definition) is 0. The predicted molar refractivity (Wildman–Crippen MR) is 56.3 cm³/mol. The molecule has 0 bridgehead atoms. The van der Waals surface area contributed by atoms with Gasteiger partial charge in [0.05, 0.1) is 5.56 Å². The molecule has 0 aliphatic carbocycles. The van der Waals surface area contributed by atoms with Crippen molar-refractivity contribution in [2.75, 3.05) is 0 Å². The molecule has 0 aromatic heterocycles. The average molecular weight is 277 g/mol. The van der Waals surface area contributed by atoms with Gasteiger partial charge in [-0.15, -0.1) is 12.3 Å². The molecule has 0 unspecified atom stereocenters. The second-order valence-corrected chi connectivity index (χ2v) is 3.86. The van der Waals surface area contributed by atoms with Crippen molar-refractivity contribution in [3.63, 3.8) is 0 Å². The van der Waals surface area contributed by atoms with Gasteiger partial charge < -0.3 is 0 Å². The van der Waals surface area contributed by atoms with Gasteiger partial charge in [0.1, 0.15) is 0 Å². The van der Waals surface area contributed by atoms with Crippen molar-refractivity contribution in [1.82, 2.24) is 0 Å². The maximum absolute atomic E-state index is 12.4. The van der Waals surface area contributed by atoms with E-state index in [2.05, 4.69) is 21.9 Å². The number of aryl methyl sites for hydroxylation is 1. The molecule has 0 atom stereocenters. The zero-order valence-electron chi connectivity index (χ0n) is 7.74. The third-order valence-corrected chi connectivity index (χ3v) is 2.69. The number of benzene rings is 1. The highest BCUT2D eigenvalue weighted by atomic mass is 79.9. The van der Waals surface area contributed by atoms with Gasteiger partial charge in [0.25, 0.3) is 0 Å². The molecule has 0 heterocycles. The molecule has 0 amide bonds. The van der Waals surface area contributed by atoms with Gasteiger partial charge in [0.2, 0.25) is 0 Å². The van der Waals surface area contributed by atoms with E-state index in [1.54, 1.807) is 0 Å². The Bertz CT molecular complexity index is 388. The van der Waals surface area contributed by atoms with Crippen LogP contribution in [-0.2, 0) is 12.6 Å².